The first kappa shape index (κ1) is 11.4. The van der Waals surface area contributed by atoms with Crippen molar-refractivity contribution in [1.82, 2.24) is 4.98 Å². The molecule has 0 amide bonds. The van der Waals surface area contributed by atoms with Crippen LogP contribution in [-0.4, -0.2) is 33.7 Å². The molecule has 1 heterocycles. The summed E-state index contributed by atoms with van der Waals surface area (Å²) < 4.78 is 5.03. The predicted octanol–water partition coefficient (Wildman–Crippen LogP) is 0.879. The molecule has 0 fully saturated rings. The molecule has 0 spiro atoms. The van der Waals surface area contributed by atoms with E-state index in [2.05, 4.69) is 20.9 Å². The molecule has 0 aliphatic heterocycles. The average Bonchev–Trinajstić information content (AvgIpc) is 2.26. The zero-order chi connectivity index (χ0) is 10.6. The SMILES string of the molecule is COc1ccncc1C(O)C(O)CBr. The Balaban J connectivity index is 2.93. The van der Waals surface area contributed by atoms with Crippen molar-refractivity contribution >= 4 is 15.9 Å². The minimum absolute atomic E-state index is 0.298. The molecule has 0 aliphatic rings. The Morgan fingerprint density at radius 1 is 1.57 bits per heavy atom. The first-order valence-electron chi connectivity index (χ1n) is 4.10. The van der Waals surface area contributed by atoms with Crippen molar-refractivity contribution in [2.24, 2.45) is 0 Å². The molecule has 2 unspecified atom stereocenters. The van der Waals surface area contributed by atoms with Crippen LogP contribution < -0.4 is 4.74 Å². The molecular weight excluding hydrogens is 250 g/mol. The number of alkyl halides is 1. The summed E-state index contributed by atoms with van der Waals surface area (Å²) in [5.41, 5.74) is 0.488. The van der Waals surface area contributed by atoms with Crippen LogP contribution in [0.4, 0.5) is 0 Å². The van der Waals surface area contributed by atoms with Crippen LogP contribution in [0, 0.1) is 0 Å². The molecule has 1 aromatic heterocycles. The molecule has 14 heavy (non-hydrogen) atoms. The number of hydrogen-bond acceptors (Lipinski definition) is 4. The van der Waals surface area contributed by atoms with Crippen molar-refractivity contribution in [1.29, 1.82) is 0 Å². The van der Waals surface area contributed by atoms with Crippen LogP contribution in [0.3, 0.4) is 0 Å². The van der Waals surface area contributed by atoms with Gasteiger partial charge in [0.15, 0.2) is 0 Å². The normalized spacial score (nSPS) is 14.9. The van der Waals surface area contributed by atoms with Gasteiger partial charge in [0.2, 0.25) is 0 Å². The summed E-state index contributed by atoms with van der Waals surface area (Å²) in [5.74, 6) is 0.521. The van der Waals surface area contributed by atoms with Crippen molar-refractivity contribution < 1.29 is 14.9 Å². The predicted molar refractivity (Wildman–Crippen MR) is 55.5 cm³/mol. The van der Waals surface area contributed by atoms with Gasteiger partial charge in [0.05, 0.1) is 13.2 Å². The molecule has 0 bridgehead atoms. The fourth-order valence-electron chi connectivity index (χ4n) is 1.09. The number of rotatable bonds is 4. The lowest BCUT2D eigenvalue weighted by atomic mass is 10.1. The maximum Gasteiger partial charge on any atom is 0.127 e. The van der Waals surface area contributed by atoms with E-state index in [1.807, 2.05) is 0 Å². The lowest BCUT2D eigenvalue weighted by Crippen LogP contribution is -2.20. The number of aromatic nitrogens is 1. The Kier molecular flexibility index (Phi) is 4.31. The molecule has 0 saturated heterocycles. The van der Waals surface area contributed by atoms with Gasteiger partial charge >= 0.3 is 0 Å². The van der Waals surface area contributed by atoms with Crippen LogP contribution in [0.2, 0.25) is 0 Å². The molecule has 0 saturated carbocycles. The molecule has 5 heteroatoms. The van der Waals surface area contributed by atoms with E-state index in [0.717, 1.165) is 0 Å². The summed E-state index contributed by atoms with van der Waals surface area (Å²) >= 11 is 3.09. The summed E-state index contributed by atoms with van der Waals surface area (Å²) in [7, 11) is 1.51. The zero-order valence-electron chi connectivity index (χ0n) is 7.72. The standard InChI is InChI=1S/C9H12BrNO3/c1-14-8-2-3-11-5-6(8)9(13)7(12)4-10/h2-3,5,7,9,12-13H,4H2,1H3. The van der Waals surface area contributed by atoms with Crippen molar-refractivity contribution in [2.75, 3.05) is 12.4 Å². The Bertz CT molecular complexity index is 295. The van der Waals surface area contributed by atoms with Crippen molar-refractivity contribution in [3.8, 4) is 5.75 Å². The van der Waals surface area contributed by atoms with E-state index in [0.29, 0.717) is 16.6 Å². The monoisotopic (exact) mass is 261 g/mol. The van der Waals surface area contributed by atoms with Crippen molar-refractivity contribution in [3.63, 3.8) is 0 Å². The van der Waals surface area contributed by atoms with Crippen LogP contribution in [0.15, 0.2) is 18.5 Å². The van der Waals surface area contributed by atoms with Gasteiger partial charge in [-0.1, -0.05) is 15.9 Å². The summed E-state index contributed by atoms with van der Waals surface area (Å²) in [4.78, 5) is 3.86. The van der Waals surface area contributed by atoms with E-state index in [9.17, 15) is 10.2 Å². The third kappa shape index (κ3) is 2.43. The number of nitrogens with zero attached hydrogens (tertiary/aromatic N) is 1. The molecular formula is C9H12BrNO3. The highest BCUT2D eigenvalue weighted by molar-refractivity contribution is 9.09. The maximum absolute atomic E-state index is 9.70. The largest absolute Gasteiger partial charge is 0.496 e. The van der Waals surface area contributed by atoms with Crippen molar-refractivity contribution in [3.05, 3.63) is 24.0 Å². The highest BCUT2D eigenvalue weighted by Crippen LogP contribution is 2.26. The highest BCUT2D eigenvalue weighted by atomic mass is 79.9. The van der Waals surface area contributed by atoms with Gasteiger partial charge in [-0.3, -0.25) is 4.98 Å². The van der Waals surface area contributed by atoms with Gasteiger partial charge in [0.25, 0.3) is 0 Å². The molecule has 2 atom stereocenters. The third-order valence-corrected chi connectivity index (χ3v) is 2.53. The first-order chi connectivity index (χ1) is 6.70. The van der Waals surface area contributed by atoms with Crippen LogP contribution in [0.5, 0.6) is 5.75 Å². The number of pyridine rings is 1. The molecule has 0 radical (unpaired) electrons. The number of hydrogen-bond donors (Lipinski definition) is 2. The molecule has 2 N–H and O–H groups in total. The van der Waals surface area contributed by atoms with E-state index in [4.69, 9.17) is 4.74 Å². The summed E-state index contributed by atoms with van der Waals surface area (Å²) in [6, 6.07) is 1.64. The minimum atomic E-state index is -0.988. The lowest BCUT2D eigenvalue weighted by Gasteiger charge is -2.17. The average molecular weight is 262 g/mol. The fourth-order valence-corrected chi connectivity index (χ4v) is 1.45. The molecule has 0 aliphatic carbocycles. The Morgan fingerprint density at radius 3 is 2.86 bits per heavy atom. The number of aliphatic hydroxyl groups is 2. The van der Waals surface area contributed by atoms with Gasteiger partial charge in [0.1, 0.15) is 11.9 Å². The van der Waals surface area contributed by atoms with Crippen molar-refractivity contribution in [2.45, 2.75) is 12.2 Å². The zero-order valence-corrected chi connectivity index (χ0v) is 9.31. The second kappa shape index (κ2) is 5.29. The Hall–Kier alpha value is -0.650. The molecule has 0 aromatic carbocycles. The van der Waals surface area contributed by atoms with Crippen LogP contribution in [0.25, 0.3) is 0 Å². The summed E-state index contributed by atoms with van der Waals surface area (Å²) in [5, 5.41) is 19.4. The molecule has 1 rings (SSSR count). The molecule has 1 aromatic rings. The van der Waals surface area contributed by atoms with E-state index >= 15 is 0 Å². The topological polar surface area (TPSA) is 62.6 Å². The smallest absolute Gasteiger partial charge is 0.127 e. The summed E-state index contributed by atoms with van der Waals surface area (Å²) in [6.45, 7) is 0. The van der Waals surface area contributed by atoms with Crippen LogP contribution in [-0.2, 0) is 0 Å². The Morgan fingerprint density at radius 2 is 2.29 bits per heavy atom. The lowest BCUT2D eigenvalue weighted by molar-refractivity contribution is 0.0325. The van der Waals surface area contributed by atoms with E-state index in [1.54, 1.807) is 12.3 Å². The first-order valence-corrected chi connectivity index (χ1v) is 5.22. The van der Waals surface area contributed by atoms with Gasteiger partial charge in [-0.15, -0.1) is 0 Å². The third-order valence-electron chi connectivity index (χ3n) is 1.87. The van der Waals surface area contributed by atoms with E-state index in [-0.39, 0.29) is 0 Å². The van der Waals surface area contributed by atoms with Crippen LogP contribution >= 0.6 is 15.9 Å². The second-order valence-corrected chi connectivity index (χ2v) is 3.43. The fraction of sp³-hybridized carbons (Fsp3) is 0.444. The number of aliphatic hydroxyl groups excluding tert-OH is 2. The van der Waals surface area contributed by atoms with Gasteiger partial charge in [-0.05, 0) is 6.07 Å². The minimum Gasteiger partial charge on any atom is -0.496 e. The number of halogens is 1. The van der Waals surface area contributed by atoms with Gasteiger partial charge < -0.3 is 14.9 Å². The quantitative estimate of drug-likeness (QED) is 0.791. The van der Waals surface area contributed by atoms with Crippen LogP contribution in [0.1, 0.15) is 11.7 Å². The Labute approximate surface area is 90.7 Å². The second-order valence-electron chi connectivity index (χ2n) is 2.78. The number of methoxy groups -OCH3 is 1. The van der Waals surface area contributed by atoms with Gasteiger partial charge in [0, 0.05) is 23.3 Å². The summed E-state index contributed by atoms with van der Waals surface area (Å²) in [6.07, 6.45) is 1.19. The van der Waals surface area contributed by atoms with Gasteiger partial charge in [-0.25, -0.2) is 0 Å². The highest BCUT2D eigenvalue weighted by Gasteiger charge is 2.20. The maximum atomic E-state index is 9.70. The molecule has 4 nitrogen and oxygen atoms in total. The number of ether oxygens (including phenoxy) is 1. The van der Waals surface area contributed by atoms with E-state index in [1.165, 1.54) is 13.3 Å². The van der Waals surface area contributed by atoms with E-state index < -0.39 is 12.2 Å². The molecule has 78 valence electrons. The van der Waals surface area contributed by atoms with Gasteiger partial charge in [-0.2, -0.15) is 0 Å².